The lowest BCUT2D eigenvalue weighted by molar-refractivity contribution is 0.425. The summed E-state index contributed by atoms with van der Waals surface area (Å²) in [6, 6.07) is 5.37. The zero-order chi connectivity index (χ0) is 9.42. The van der Waals surface area contributed by atoms with E-state index < -0.39 is 0 Å². The smallest absolute Gasteiger partial charge is 0.177 e. The fourth-order valence-electron chi connectivity index (χ4n) is 1.39. The summed E-state index contributed by atoms with van der Waals surface area (Å²) in [6.07, 6.45) is 0. The van der Waals surface area contributed by atoms with Crippen molar-refractivity contribution in [3.8, 4) is 10.8 Å². The molecule has 2 rings (SSSR count). The first-order chi connectivity index (χ1) is 6.22. The van der Waals surface area contributed by atoms with Crippen LogP contribution >= 0.6 is 11.3 Å². The minimum absolute atomic E-state index is 0.302. The maximum Gasteiger partial charge on any atom is 0.177 e. The Morgan fingerprint density at radius 2 is 2.15 bits per heavy atom. The fourth-order valence-corrected chi connectivity index (χ4v) is 2.44. The lowest BCUT2D eigenvalue weighted by Gasteiger charge is -1.94. The third-order valence-electron chi connectivity index (χ3n) is 2.06. The van der Waals surface area contributed by atoms with Gasteiger partial charge in [0.15, 0.2) is 5.06 Å². The number of benzene rings is 1. The molecule has 0 spiro atoms. The molecular formula is C10H10O2S. The van der Waals surface area contributed by atoms with E-state index in [0.717, 1.165) is 20.7 Å². The second-order valence-electron chi connectivity index (χ2n) is 2.90. The molecule has 0 radical (unpaired) electrons. The molecule has 68 valence electrons. The summed E-state index contributed by atoms with van der Waals surface area (Å²) in [7, 11) is 1.66. The van der Waals surface area contributed by atoms with Gasteiger partial charge < -0.3 is 9.84 Å². The molecule has 0 aliphatic heterocycles. The van der Waals surface area contributed by atoms with Gasteiger partial charge in [0, 0.05) is 10.3 Å². The lowest BCUT2D eigenvalue weighted by atomic mass is 10.2. The van der Waals surface area contributed by atoms with E-state index >= 15 is 0 Å². The quantitative estimate of drug-likeness (QED) is 0.756. The molecule has 1 heterocycles. The second-order valence-corrected chi connectivity index (χ2v) is 3.91. The molecule has 0 saturated carbocycles. The normalized spacial score (nSPS) is 10.6. The average molecular weight is 194 g/mol. The van der Waals surface area contributed by atoms with Gasteiger partial charge in [-0.2, -0.15) is 0 Å². The van der Waals surface area contributed by atoms with Gasteiger partial charge in [-0.15, -0.1) is 0 Å². The van der Waals surface area contributed by atoms with Crippen LogP contribution in [-0.4, -0.2) is 12.2 Å². The molecule has 3 heteroatoms. The van der Waals surface area contributed by atoms with Crippen LogP contribution in [-0.2, 0) is 0 Å². The van der Waals surface area contributed by atoms with E-state index in [1.54, 1.807) is 30.6 Å². The lowest BCUT2D eigenvalue weighted by Crippen LogP contribution is -1.79. The van der Waals surface area contributed by atoms with Crippen LogP contribution in [0.1, 0.15) is 5.56 Å². The number of methoxy groups -OCH3 is 1. The number of phenolic OH excluding ortho intramolecular Hbond substituents is 1. The van der Waals surface area contributed by atoms with Crippen molar-refractivity contribution in [3.05, 3.63) is 23.8 Å². The molecule has 1 aromatic heterocycles. The predicted octanol–water partition coefficient (Wildman–Crippen LogP) is 2.92. The van der Waals surface area contributed by atoms with E-state index in [0.29, 0.717) is 5.75 Å². The summed E-state index contributed by atoms with van der Waals surface area (Å²) < 4.78 is 6.27. The van der Waals surface area contributed by atoms with E-state index in [4.69, 9.17) is 4.74 Å². The van der Waals surface area contributed by atoms with Crippen molar-refractivity contribution in [2.75, 3.05) is 7.11 Å². The molecule has 0 aliphatic rings. The Morgan fingerprint density at radius 3 is 2.85 bits per heavy atom. The largest absolute Gasteiger partial charge is 0.508 e. The predicted molar refractivity (Wildman–Crippen MR) is 54.8 cm³/mol. The van der Waals surface area contributed by atoms with E-state index in [1.165, 1.54) is 0 Å². The van der Waals surface area contributed by atoms with Gasteiger partial charge in [-0.05, 0) is 30.5 Å². The van der Waals surface area contributed by atoms with Crippen molar-refractivity contribution in [2.45, 2.75) is 6.92 Å². The fraction of sp³-hybridized carbons (Fsp3) is 0.200. The summed E-state index contributed by atoms with van der Waals surface area (Å²) in [5.41, 5.74) is 1.14. The van der Waals surface area contributed by atoms with Crippen LogP contribution in [0.25, 0.3) is 10.1 Å². The van der Waals surface area contributed by atoms with Gasteiger partial charge in [0.2, 0.25) is 0 Å². The van der Waals surface area contributed by atoms with Gasteiger partial charge in [0.25, 0.3) is 0 Å². The maximum atomic E-state index is 9.27. The van der Waals surface area contributed by atoms with E-state index in [9.17, 15) is 5.11 Å². The number of hydrogen-bond donors (Lipinski definition) is 1. The van der Waals surface area contributed by atoms with Crippen molar-refractivity contribution >= 4 is 21.4 Å². The molecule has 13 heavy (non-hydrogen) atoms. The Morgan fingerprint density at radius 1 is 1.38 bits per heavy atom. The van der Waals surface area contributed by atoms with Crippen molar-refractivity contribution in [1.82, 2.24) is 0 Å². The monoisotopic (exact) mass is 194 g/mol. The topological polar surface area (TPSA) is 29.5 Å². The first kappa shape index (κ1) is 8.38. The second kappa shape index (κ2) is 2.92. The SMILES string of the molecule is COc1sc2cc(O)ccc2c1C. The third kappa shape index (κ3) is 1.25. The van der Waals surface area contributed by atoms with Crippen LogP contribution in [0.4, 0.5) is 0 Å². The van der Waals surface area contributed by atoms with Gasteiger partial charge in [-0.1, -0.05) is 11.3 Å². The Bertz CT molecular complexity index is 445. The molecule has 0 amide bonds. The van der Waals surface area contributed by atoms with Crippen molar-refractivity contribution < 1.29 is 9.84 Å². The van der Waals surface area contributed by atoms with E-state index in [-0.39, 0.29) is 0 Å². The Balaban J connectivity index is 2.76. The average Bonchev–Trinajstić information content (AvgIpc) is 2.42. The number of hydrogen-bond acceptors (Lipinski definition) is 3. The van der Waals surface area contributed by atoms with Crippen LogP contribution in [0.3, 0.4) is 0 Å². The molecule has 0 fully saturated rings. The van der Waals surface area contributed by atoms with Crippen LogP contribution in [0.5, 0.6) is 10.8 Å². The third-order valence-corrected chi connectivity index (χ3v) is 3.28. The molecular weight excluding hydrogens is 184 g/mol. The number of ether oxygens (including phenoxy) is 1. The summed E-state index contributed by atoms with van der Waals surface area (Å²) >= 11 is 1.56. The minimum atomic E-state index is 0.302. The molecule has 2 aromatic rings. The Kier molecular flexibility index (Phi) is 1.88. The Labute approximate surface area is 80.4 Å². The van der Waals surface area contributed by atoms with Crippen LogP contribution < -0.4 is 4.74 Å². The molecule has 0 saturated heterocycles. The molecule has 0 unspecified atom stereocenters. The zero-order valence-electron chi connectivity index (χ0n) is 7.50. The van der Waals surface area contributed by atoms with E-state index in [1.807, 2.05) is 13.0 Å². The highest BCUT2D eigenvalue weighted by atomic mass is 32.1. The summed E-state index contributed by atoms with van der Waals surface area (Å²) in [5.74, 6) is 0.302. The number of phenols is 1. The summed E-state index contributed by atoms with van der Waals surface area (Å²) in [5, 5.41) is 11.3. The first-order valence-electron chi connectivity index (χ1n) is 3.98. The maximum absolute atomic E-state index is 9.27. The van der Waals surface area contributed by atoms with Crippen molar-refractivity contribution in [2.24, 2.45) is 0 Å². The number of aromatic hydroxyl groups is 1. The van der Waals surface area contributed by atoms with Crippen LogP contribution in [0.15, 0.2) is 18.2 Å². The summed E-state index contributed by atoms with van der Waals surface area (Å²) in [4.78, 5) is 0. The van der Waals surface area contributed by atoms with Gasteiger partial charge in [-0.25, -0.2) is 0 Å². The molecule has 0 aliphatic carbocycles. The van der Waals surface area contributed by atoms with Gasteiger partial charge in [-0.3, -0.25) is 0 Å². The highest BCUT2D eigenvalue weighted by molar-refractivity contribution is 7.21. The number of aryl methyl sites for hydroxylation is 1. The van der Waals surface area contributed by atoms with Crippen LogP contribution in [0.2, 0.25) is 0 Å². The number of rotatable bonds is 1. The highest BCUT2D eigenvalue weighted by Crippen LogP contribution is 2.37. The highest BCUT2D eigenvalue weighted by Gasteiger charge is 2.08. The molecule has 1 N–H and O–H groups in total. The van der Waals surface area contributed by atoms with Crippen molar-refractivity contribution in [3.63, 3.8) is 0 Å². The number of thiophene rings is 1. The summed E-state index contributed by atoms with van der Waals surface area (Å²) in [6.45, 7) is 2.02. The molecule has 0 bridgehead atoms. The van der Waals surface area contributed by atoms with Crippen molar-refractivity contribution in [1.29, 1.82) is 0 Å². The molecule has 2 nitrogen and oxygen atoms in total. The van der Waals surface area contributed by atoms with Gasteiger partial charge in [0.1, 0.15) is 5.75 Å². The minimum Gasteiger partial charge on any atom is -0.508 e. The van der Waals surface area contributed by atoms with Crippen LogP contribution in [0, 0.1) is 6.92 Å². The van der Waals surface area contributed by atoms with Gasteiger partial charge in [0.05, 0.1) is 7.11 Å². The number of fused-ring (bicyclic) bond motifs is 1. The zero-order valence-corrected chi connectivity index (χ0v) is 8.31. The Hall–Kier alpha value is -1.22. The first-order valence-corrected chi connectivity index (χ1v) is 4.80. The molecule has 1 aromatic carbocycles. The van der Waals surface area contributed by atoms with Gasteiger partial charge >= 0.3 is 0 Å². The molecule has 0 atom stereocenters. The standard InChI is InChI=1S/C10H10O2S/c1-6-8-4-3-7(11)5-9(8)13-10(6)12-2/h3-5,11H,1-2H3. The van der Waals surface area contributed by atoms with E-state index in [2.05, 4.69) is 0 Å².